The number of carbonyl (C=O) groups is 1. The van der Waals surface area contributed by atoms with Gasteiger partial charge in [-0.15, -0.1) is 0 Å². The molecule has 0 saturated carbocycles. The number of nitrogens with one attached hydrogen (secondary N) is 1. The topological polar surface area (TPSA) is 41.5 Å². The number of benzene rings is 3. The molecule has 0 bridgehead atoms. The van der Waals surface area contributed by atoms with E-state index >= 15 is 0 Å². The summed E-state index contributed by atoms with van der Waals surface area (Å²) >= 11 is 15.0. The molecule has 150 valence electrons. The first-order valence-electron chi connectivity index (χ1n) is 9.05. The number of thioether (sulfide) groups is 1. The van der Waals surface area contributed by atoms with Gasteiger partial charge in [0.25, 0.3) is 5.91 Å². The van der Waals surface area contributed by atoms with Crippen molar-refractivity contribution in [2.24, 2.45) is 4.99 Å². The van der Waals surface area contributed by atoms with E-state index in [1.807, 2.05) is 73.7 Å². The number of hydrogen-bond acceptors (Lipinski definition) is 4. The molecule has 1 heterocycles. The highest BCUT2D eigenvalue weighted by atomic mass is 35.5. The van der Waals surface area contributed by atoms with E-state index in [2.05, 4.69) is 10.3 Å². The van der Waals surface area contributed by atoms with Crippen LogP contribution in [0.4, 0.5) is 5.69 Å². The predicted molar refractivity (Wildman–Crippen MR) is 129 cm³/mol. The number of amides is 1. The van der Waals surface area contributed by atoms with E-state index in [0.717, 1.165) is 31.6 Å². The fourth-order valence-corrected chi connectivity index (χ4v) is 4.66. The van der Waals surface area contributed by atoms with Crippen LogP contribution < -0.4 is 5.32 Å². The standard InChI is InChI=1S/C23H16Cl2N2OS2/c1-14-2-5-17(25)13-20(14)26-23-27-22(28)21(30-23)12-15-3-8-18(9-4-15)29-19-10-6-16(24)7-11-19/h2-13H,1H3,(H,26,27,28)/b21-12-. The second-order valence-corrected chi connectivity index (χ2v) is 9.59. The Labute approximate surface area is 193 Å². The number of hydrogen-bond donors (Lipinski definition) is 1. The molecule has 1 amide bonds. The van der Waals surface area contributed by atoms with Gasteiger partial charge in [0.05, 0.1) is 10.6 Å². The lowest BCUT2D eigenvalue weighted by Crippen LogP contribution is -2.19. The molecular formula is C23H16Cl2N2OS2. The third-order valence-electron chi connectivity index (χ3n) is 4.27. The lowest BCUT2D eigenvalue weighted by Gasteiger charge is -2.03. The van der Waals surface area contributed by atoms with Crippen LogP contribution >= 0.6 is 46.7 Å². The van der Waals surface area contributed by atoms with Gasteiger partial charge in [-0.3, -0.25) is 4.79 Å². The molecule has 1 fully saturated rings. The van der Waals surface area contributed by atoms with E-state index < -0.39 is 0 Å². The maximum absolute atomic E-state index is 12.3. The summed E-state index contributed by atoms with van der Waals surface area (Å²) in [6.07, 6.45) is 1.87. The second kappa shape index (κ2) is 9.31. The molecule has 1 N–H and O–H groups in total. The van der Waals surface area contributed by atoms with Crippen molar-refractivity contribution >= 4 is 69.6 Å². The molecule has 3 aromatic rings. The number of nitrogens with zero attached hydrogens (tertiary/aromatic N) is 1. The number of rotatable bonds is 4. The average molecular weight is 471 g/mol. The van der Waals surface area contributed by atoms with Gasteiger partial charge in [-0.25, -0.2) is 4.99 Å². The highest BCUT2D eigenvalue weighted by molar-refractivity contribution is 8.18. The Balaban J connectivity index is 1.48. The van der Waals surface area contributed by atoms with Gasteiger partial charge in [0.15, 0.2) is 5.17 Å². The van der Waals surface area contributed by atoms with Crippen LogP contribution in [0, 0.1) is 6.92 Å². The largest absolute Gasteiger partial charge is 0.300 e. The summed E-state index contributed by atoms with van der Waals surface area (Å²) in [5.41, 5.74) is 2.69. The van der Waals surface area contributed by atoms with E-state index in [4.69, 9.17) is 23.2 Å². The van der Waals surface area contributed by atoms with Gasteiger partial charge in [0, 0.05) is 19.8 Å². The number of carbonyl (C=O) groups excluding carboxylic acids is 1. The van der Waals surface area contributed by atoms with E-state index in [0.29, 0.717) is 15.1 Å². The molecule has 30 heavy (non-hydrogen) atoms. The normalized spacial score (nSPS) is 16.3. The van der Waals surface area contributed by atoms with Crippen molar-refractivity contribution in [3.8, 4) is 0 Å². The van der Waals surface area contributed by atoms with Gasteiger partial charge in [-0.1, -0.05) is 53.2 Å². The fraction of sp³-hybridized carbons (Fsp3) is 0.0435. The zero-order chi connectivity index (χ0) is 21.1. The Morgan fingerprint density at radius 2 is 1.57 bits per heavy atom. The van der Waals surface area contributed by atoms with Crippen LogP contribution in [0.25, 0.3) is 6.08 Å². The number of amidine groups is 1. The van der Waals surface area contributed by atoms with Crippen molar-refractivity contribution < 1.29 is 4.79 Å². The zero-order valence-electron chi connectivity index (χ0n) is 15.9. The minimum absolute atomic E-state index is 0.155. The summed E-state index contributed by atoms with van der Waals surface area (Å²) in [5, 5.41) is 4.70. The molecule has 1 saturated heterocycles. The lowest BCUT2D eigenvalue weighted by molar-refractivity contribution is -0.115. The van der Waals surface area contributed by atoms with E-state index in [9.17, 15) is 4.79 Å². The third-order valence-corrected chi connectivity index (χ3v) is 6.68. The molecule has 0 atom stereocenters. The quantitative estimate of drug-likeness (QED) is 0.405. The average Bonchev–Trinajstić information content (AvgIpc) is 3.07. The summed E-state index contributed by atoms with van der Waals surface area (Å²) in [4.78, 5) is 19.7. The number of aliphatic imine (C=N–C) groups is 1. The number of aryl methyl sites for hydroxylation is 1. The first-order chi connectivity index (χ1) is 14.5. The highest BCUT2D eigenvalue weighted by Gasteiger charge is 2.24. The minimum Gasteiger partial charge on any atom is -0.300 e. The second-order valence-electron chi connectivity index (χ2n) is 6.54. The molecule has 3 nitrogen and oxygen atoms in total. The van der Waals surface area contributed by atoms with Crippen molar-refractivity contribution in [3.05, 3.63) is 92.8 Å². The molecule has 0 radical (unpaired) electrons. The molecule has 3 aromatic carbocycles. The van der Waals surface area contributed by atoms with E-state index in [1.54, 1.807) is 17.8 Å². The third kappa shape index (κ3) is 5.29. The molecule has 1 aliphatic heterocycles. The molecule has 1 aliphatic rings. The van der Waals surface area contributed by atoms with Crippen LogP contribution in [0.2, 0.25) is 10.0 Å². The summed E-state index contributed by atoms with van der Waals surface area (Å²) in [7, 11) is 0. The summed E-state index contributed by atoms with van der Waals surface area (Å²) in [6.45, 7) is 1.96. The molecule has 0 spiro atoms. The van der Waals surface area contributed by atoms with E-state index in [1.165, 1.54) is 11.8 Å². The highest BCUT2D eigenvalue weighted by Crippen LogP contribution is 2.32. The van der Waals surface area contributed by atoms with Crippen molar-refractivity contribution in [2.75, 3.05) is 0 Å². The predicted octanol–water partition coefficient (Wildman–Crippen LogP) is 7.34. The fourth-order valence-electron chi connectivity index (χ4n) is 2.72. The summed E-state index contributed by atoms with van der Waals surface area (Å²) in [5.74, 6) is -0.155. The van der Waals surface area contributed by atoms with Crippen LogP contribution in [0.15, 0.2) is 86.4 Å². The van der Waals surface area contributed by atoms with Gasteiger partial charge in [0.1, 0.15) is 0 Å². The van der Waals surface area contributed by atoms with Crippen LogP contribution in [-0.2, 0) is 4.79 Å². The Bertz CT molecular complexity index is 1160. The molecule has 0 unspecified atom stereocenters. The van der Waals surface area contributed by atoms with Crippen LogP contribution in [0.3, 0.4) is 0 Å². The Morgan fingerprint density at radius 3 is 2.27 bits per heavy atom. The van der Waals surface area contributed by atoms with Crippen molar-refractivity contribution in [2.45, 2.75) is 16.7 Å². The molecule has 7 heteroatoms. The minimum atomic E-state index is -0.155. The Morgan fingerprint density at radius 1 is 0.933 bits per heavy atom. The molecular weight excluding hydrogens is 455 g/mol. The van der Waals surface area contributed by atoms with Gasteiger partial charge in [-0.05, 0) is 84.4 Å². The monoisotopic (exact) mass is 470 g/mol. The summed E-state index contributed by atoms with van der Waals surface area (Å²) in [6, 6.07) is 21.3. The Hall–Kier alpha value is -2.18. The van der Waals surface area contributed by atoms with Gasteiger partial charge < -0.3 is 5.32 Å². The molecule has 4 rings (SSSR count). The first kappa shape index (κ1) is 21.1. The lowest BCUT2D eigenvalue weighted by atomic mass is 10.2. The van der Waals surface area contributed by atoms with Gasteiger partial charge in [-0.2, -0.15) is 0 Å². The smallest absolute Gasteiger partial charge is 0.264 e. The van der Waals surface area contributed by atoms with Crippen molar-refractivity contribution in [1.29, 1.82) is 0 Å². The first-order valence-corrected chi connectivity index (χ1v) is 11.4. The van der Waals surface area contributed by atoms with Crippen LogP contribution in [-0.4, -0.2) is 11.1 Å². The molecule has 0 aromatic heterocycles. The number of halogens is 2. The summed E-state index contributed by atoms with van der Waals surface area (Å²) < 4.78 is 0. The van der Waals surface area contributed by atoms with Gasteiger partial charge in [0.2, 0.25) is 0 Å². The SMILES string of the molecule is Cc1ccc(Cl)cc1N=C1NC(=O)/C(=C/c2ccc(Sc3ccc(Cl)cc3)cc2)S1. The zero-order valence-corrected chi connectivity index (χ0v) is 19.0. The van der Waals surface area contributed by atoms with E-state index in [-0.39, 0.29) is 5.91 Å². The van der Waals surface area contributed by atoms with Crippen LogP contribution in [0.5, 0.6) is 0 Å². The van der Waals surface area contributed by atoms with Gasteiger partial charge >= 0.3 is 0 Å². The van der Waals surface area contributed by atoms with Crippen molar-refractivity contribution in [3.63, 3.8) is 0 Å². The Kier molecular flexibility index (Phi) is 6.54. The van der Waals surface area contributed by atoms with Crippen LogP contribution in [0.1, 0.15) is 11.1 Å². The van der Waals surface area contributed by atoms with Crippen molar-refractivity contribution in [1.82, 2.24) is 5.32 Å². The molecule has 0 aliphatic carbocycles. The maximum Gasteiger partial charge on any atom is 0.264 e. The maximum atomic E-state index is 12.3.